The number of carbonyl (C=O) groups is 1. The van der Waals surface area contributed by atoms with Crippen molar-refractivity contribution >= 4 is 35.0 Å². The molecule has 1 aromatic carbocycles. The third-order valence-corrected chi connectivity index (χ3v) is 4.21. The number of imidazole rings is 1. The lowest BCUT2D eigenvalue weighted by atomic mass is 10.2. The van der Waals surface area contributed by atoms with Gasteiger partial charge in [-0.15, -0.1) is 0 Å². The highest BCUT2D eigenvalue weighted by Crippen LogP contribution is 2.35. The zero-order chi connectivity index (χ0) is 16.1. The summed E-state index contributed by atoms with van der Waals surface area (Å²) >= 11 is 7.38. The summed E-state index contributed by atoms with van der Waals surface area (Å²) in [6, 6.07) is 3.23. The molecule has 1 N–H and O–H groups in total. The lowest BCUT2D eigenvalue weighted by Gasteiger charge is -2.13. The van der Waals surface area contributed by atoms with E-state index in [0.717, 1.165) is 5.16 Å². The number of aromatic nitrogens is 2. The van der Waals surface area contributed by atoms with Crippen molar-refractivity contribution in [3.05, 3.63) is 29.5 Å². The predicted molar refractivity (Wildman–Crippen MR) is 87.1 cm³/mol. The Hall–Kier alpha value is -1.86. The molecule has 118 valence electrons. The third-order valence-electron chi connectivity index (χ3n) is 2.86. The number of benzene rings is 1. The molecule has 0 aliphatic carbocycles. The number of anilines is 1. The number of methoxy groups -OCH3 is 2. The molecule has 2 rings (SSSR count). The Balaban J connectivity index is 2.06. The Bertz CT molecular complexity index is 675. The van der Waals surface area contributed by atoms with Gasteiger partial charge < -0.3 is 19.4 Å². The van der Waals surface area contributed by atoms with Crippen LogP contribution in [0.4, 0.5) is 5.69 Å². The quantitative estimate of drug-likeness (QED) is 0.818. The van der Waals surface area contributed by atoms with E-state index >= 15 is 0 Å². The first-order chi connectivity index (χ1) is 10.5. The summed E-state index contributed by atoms with van der Waals surface area (Å²) < 4.78 is 12.2. The first kappa shape index (κ1) is 16.5. The molecule has 6 nitrogen and oxygen atoms in total. The van der Waals surface area contributed by atoms with Crippen LogP contribution in [0.25, 0.3) is 0 Å². The molecule has 22 heavy (non-hydrogen) atoms. The van der Waals surface area contributed by atoms with Crippen LogP contribution in [-0.4, -0.2) is 35.4 Å². The van der Waals surface area contributed by atoms with Gasteiger partial charge in [-0.1, -0.05) is 23.4 Å². The van der Waals surface area contributed by atoms with Crippen LogP contribution in [0.5, 0.6) is 11.5 Å². The standard InChI is InChI=1S/C14H16ClN3O3S/c1-18-5-4-16-14(18)22-8-13(19)17-10-7-11(20-2)9(15)6-12(10)21-3/h4-7H,8H2,1-3H3,(H,17,19). The molecule has 0 aliphatic rings. The van der Waals surface area contributed by atoms with Crippen molar-refractivity contribution in [3.63, 3.8) is 0 Å². The summed E-state index contributed by atoms with van der Waals surface area (Å²) in [5.41, 5.74) is 0.509. The van der Waals surface area contributed by atoms with Crippen LogP contribution >= 0.6 is 23.4 Å². The molecule has 8 heteroatoms. The second-order valence-electron chi connectivity index (χ2n) is 4.34. The van der Waals surface area contributed by atoms with E-state index in [-0.39, 0.29) is 11.7 Å². The molecule has 0 spiro atoms. The van der Waals surface area contributed by atoms with Gasteiger partial charge in [0.15, 0.2) is 5.16 Å². The van der Waals surface area contributed by atoms with Crippen LogP contribution in [0.15, 0.2) is 29.7 Å². The van der Waals surface area contributed by atoms with Crippen molar-refractivity contribution in [2.45, 2.75) is 5.16 Å². The van der Waals surface area contributed by atoms with Gasteiger partial charge in [-0.3, -0.25) is 4.79 Å². The summed E-state index contributed by atoms with van der Waals surface area (Å²) in [6.45, 7) is 0. The molecule has 1 aromatic heterocycles. The normalized spacial score (nSPS) is 10.4. The average Bonchev–Trinajstić information content (AvgIpc) is 2.91. The fraction of sp³-hybridized carbons (Fsp3) is 0.286. The number of amides is 1. The summed E-state index contributed by atoms with van der Waals surface area (Å²) in [4.78, 5) is 16.2. The van der Waals surface area contributed by atoms with Crippen molar-refractivity contribution in [2.24, 2.45) is 7.05 Å². The van der Waals surface area contributed by atoms with E-state index in [0.29, 0.717) is 22.2 Å². The van der Waals surface area contributed by atoms with Gasteiger partial charge in [0.2, 0.25) is 5.91 Å². The maximum atomic E-state index is 12.1. The van der Waals surface area contributed by atoms with Gasteiger partial charge in [0.05, 0.1) is 30.7 Å². The van der Waals surface area contributed by atoms with Gasteiger partial charge in [-0.05, 0) is 0 Å². The van der Waals surface area contributed by atoms with Crippen molar-refractivity contribution in [1.82, 2.24) is 9.55 Å². The second-order valence-corrected chi connectivity index (χ2v) is 5.69. The van der Waals surface area contributed by atoms with Crippen molar-refractivity contribution < 1.29 is 14.3 Å². The molecule has 0 atom stereocenters. The van der Waals surface area contributed by atoms with Crippen LogP contribution in [0.2, 0.25) is 5.02 Å². The topological polar surface area (TPSA) is 65.4 Å². The number of nitrogens with zero attached hydrogens (tertiary/aromatic N) is 2. The first-order valence-corrected chi connectivity index (χ1v) is 7.73. The van der Waals surface area contributed by atoms with E-state index in [9.17, 15) is 4.79 Å². The maximum absolute atomic E-state index is 12.1. The maximum Gasteiger partial charge on any atom is 0.234 e. The molecule has 0 aliphatic heterocycles. The average molecular weight is 342 g/mol. The zero-order valence-electron chi connectivity index (χ0n) is 12.4. The SMILES string of the molecule is COc1cc(NC(=O)CSc2nccn2C)c(OC)cc1Cl. The Kier molecular flexibility index (Phi) is 5.57. The monoisotopic (exact) mass is 341 g/mol. The van der Waals surface area contributed by atoms with Crippen LogP contribution in [0.3, 0.4) is 0 Å². The molecule has 0 bridgehead atoms. The lowest BCUT2D eigenvalue weighted by molar-refractivity contribution is -0.113. The predicted octanol–water partition coefficient (Wildman–Crippen LogP) is 2.82. The van der Waals surface area contributed by atoms with Crippen LogP contribution in [-0.2, 0) is 11.8 Å². The molecule has 0 unspecified atom stereocenters. The number of aryl methyl sites for hydroxylation is 1. The van der Waals surface area contributed by atoms with Crippen molar-refractivity contribution in [3.8, 4) is 11.5 Å². The summed E-state index contributed by atoms with van der Waals surface area (Å²) in [5.74, 6) is 1.00. The molecule has 0 saturated heterocycles. The Morgan fingerprint density at radius 3 is 2.68 bits per heavy atom. The highest BCUT2D eigenvalue weighted by atomic mass is 35.5. The zero-order valence-corrected chi connectivity index (χ0v) is 14.0. The first-order valence-electron chi connectivity index (χ1n) is 6.36. The van der Waals surface area contributed by atoms with Gasteiger partial charge in [-0.25, -0.2) is 4.98 Å². The summed E-state index contributed by atoms with van der Waals surface area (Å²) in [7, 11) is 4.90. The number of hydrogen-bond acceptors (Lipinski definition) is 5. The molecular weight excluding hydrogens is 326 g/mol. The molecule has 0 radical (unpaired) electrons. The Morgan fingerprint density at radius 2 is 2.09 bits per heavy atom. The molecule has 2 aromatic rings. The van der Waals surface area contributed by atoms with Gasteiger partial charge in [0.1, 0.15) is 11.5 Å². The second kappa shape index (κ2) is 7.42. The number of rotatable bonds is 6. The number of thioether (sulfide) groups is 1. The minimum absolute atomic E-state index is 0.171. The van der Waals surface area contributed by atoms with Gasteiger partial charge in [0, 0.05) is 31.6 Å². The number of ether oxygens (including phenoxy) is 2. The number of nitrogens with one attached hydrogen (secondary N) is 1. The van der Waals surface area contributed by atoms with E-state index in [4.69, 9.17) is 21.1 Å². The van der Waals surface area contributed by atoms with E-state index < -0.39 is 0 Å². The van der Waals surface area contributed by atoms with Crippen LogP contribution < -0.4 is 14.8 Å². The van der Waals surface area contributed by atoms with Crippen LogP contribution in [0, 0.1) is 0 Å². The molecule has 0 saturated carbocycles. The van der Waals surface area contributed by atoms with E-state index in [2.05, 4.69) is 10.3 Å². The summed E-state index contributed by atoms with van der Waals surface area (Å²) in [6.07, 6.45) is 3.51. The third kappa shape index (κ3) is 3.86. The van der Waals surface area contributed by atoms with E-state index in [1.165, 1.54) is 26.0 Å². The number of halogens is 1. The fourth-order valence-electron chi connectivity index (χ4n) is 1.77. The minimum atomic E-state index is -0.171. The molecular formula is C14H16ClN3O3S. The Morgan fingerprint density at radius 1 is 1.36 bits per heavy atom. The van der Waals surface area contributed by atoms with Gasteiger partial charge in [-0.2, -0.15) is 0 Å². The van der Waals surface area contributed by atoms with Crippen molar-refractivity contribution in [2.75, 3.05) is 25.3 Å². The van der Waals surface area contributed by atoms with Crippen LogP contribution in [0.1, 0.15) is 0 Å². The van der Waals surface area contributed by atoms with Crippen molar-refractivity contribution in [1.29, 1.82) is 0 Å². The van der Waals surface area contributed by atoms with Gasteiger partial charge in [0.25, 0.3) is 0 Å². The smallest absolute Gasteiger partial charge is 0.234 e. The highest BCUT2D eigenvalue weighted by Gasteiger charge is 2.13. The fourth-order valence-corrected chi connectivity index (χ4v) is 2.73. The van der Waals surface area contributed by atoms with E-state index in [1.54, 1.807) is 18.3 Å². The molecule has 1 amide bonds. The number of hydrogen-bond donors (Lipinski definition) is 1. The molecule has 1 heterocycles. The van der Waals surface area contributed by atoms with Gasteiger partial charge >= 0.3 is 0 Å². The molecule has 0 fully saturated rings. The summed E-state index contributed by atoms with van der Waals surface area (Å²) in [5, 5.41) is 3.98. The largest absolute Gasteiger partial charge is 0.495 e. The minimum Gasteiger partial charge on any atom is -0.495 e. The lowest BCUT2D eigenvalue weighted by Crippen LogP contribution is -2.15. The number of carbonyl (C=O) groups excluding carboxylic acids is 1. The Labute approximate surface area is 137 Å². The highest BCUT2D eigenvalue weighted by molar-refractivity contribution is 7.99. The van der Waals surface area contributed by atoms with E-state index in [1.807, 2.05) is 17.8 Å².